The molecule has 5 rings (SSSR count). The summed E-state index contributed by atoms with van der Waals surface area (Å²) in [4.78, 5) is 11.2. The highest BCUT2D eigenvalue weighted by atomic mass is 32.1. The summed E-state index contributed by atoms with van der Waals surface area (Å²) in [5, 5.41) is 3.37. The van der Waals surface area contributed by atoms with Gasteiger partial charge in [0.05, 0.1) is 11.8 Å². The number of nitrogens with zero attached hydrogens (tertiary/aromatic N) is 3. The van der Waals surface area contributed by atoms with Crippen LogP contribution in [0.1, 0.15) is 22.6 Å². The zero-order valence-corrected chi connectivity index (χ0v) is 16.7. The van der Waals surface area contributed by atoms with Crippen LogP contribution in [0, 0.1) is 0 Å². The van der Waals surface area contributed by atoms with E-state index in [0.717, 1.165) is 30.2 Å². The molecule has 0 amide bonds. The van der Waals surface area contributed by atoms with Gasteiger partial charge in [0.15, 0.2) is 5.82 Å². The van der Waals surface area contributed by atoms with Gasteiger partial charge in [0.2, 0.25) is 0 Å². The zero-order chi connectivity index (χ0) is 19.1. The molecule has 4 nitrogen and oxygen atoms in total. The Morgan fingerprint density at radius 1 is 1.07 bits per heavy atom. The van der Waals surface area contributed by atoms with Crippen molar-refractivity contribution in [2.75, 3.05) is 20.7 Å². The van der Waals surface area contributed by atoms with E-state index in [1.165, 1.54) is 26.8 Å². The van der Waals surface area contributed by atoms with E-state index in [1.807, 2.05) is 6.07 Å². The van der Waals surface area contributed by atoms with Gasteiger partial charge in [0, 0.05) is 42.5 Å². The summed E-state index contributed by atoms with van der Waals surface area (Å²) in [5.74, 6) is 2.06. The predicted molar refractivity (Wildman–Crippen MR) is 114 cm³/mol. The Balaban J connectivity index is 1.64. The van der Waals surface area contributed by atoms with Crippen molar-refractivity contribution < 1.29 is 4.74 Å². The minimum absolute atomic E-state index is 0.279. The second-order valence-electron chi connectivity index (χ2n) is 7.26. The second kappa shape index (κ2) is 7.00. The van der Waals surface area contributed by atoms with Gasteiger partial charge in [-0.15, -0.1) is 11.3 Å². The zero-order valence-electron chi connectivity index (χ0n) is 15.9. The van der Waals surface area contributed by atoms with Gasteiger partial charge in [0.1, 0.15) is 5.75 Å². The third kappa shape index (κ3) is 2.87. The van der Waals surface area contributed by atoms with Gasteiger partial charge >= 0.3 is 0 Å². The van der Waals surface area contributed by atoms with Gasteiger partial charge in [0.25, 0.3) is 0 Å². The Bertz CT molecular complexity index is 1140. The number of hydrogen-bond acceptors (Lipinski definition) is 5. The molecule has 28 heavy (non-hydrogen) atoms. The highest BCUT2D eigenvalue weighted by molar-refractivity contribution is 7.17. The lowest BCUT2D eigenvalue weighted by Gasteiger charge is -2.33. The molecule has 0 saturated heterocycles. The van der Waals surface area contributed by atoms with Crippen LogP contribution in [0.25, 0.3) is 21.5 Å². The third-order valence-corrected chi connectivity index (χ3v) is 6.39. The quantitative estimate of drug-likeness (QED) is 0.499. The number of thiophene rings is 1. The number of hydrogen-bond donors (Lipinski definition) is 0. The summed E-state index contributed by atoms with van der Waals surface area (Å²) >= 11 is 1.74. The van der Waals surface area contributed by atoms with Crippen LogP contribution in [-0.4, -0.2) is 35.6 Å². The molecule has 2 aromatic carbocycles. The van der Waals surface area contributed by atoms with E-state index >= 15 is 0 Å². The average Bonchev–Trinajstić information content (AvgIpc) is 3.21. The van der Waals surface area contributed by atoms with E-state index in [-0.39, 0.29) is 5.92 Å². The number of methoxy groups -OCH3 is 1. The second-order valence-corrected chi connectivity index (χ2v) is 8.18. The van der Waals surface area contributed by atoms with E-state index in [1.54, 1.807) is 30.8 Å². The smallest absolute Gasteiger partial charge is 0.159 e. The molecule has 0 radical (unpaired) electrons. The number of likely N-dealkylation sites (N-methyl/N-ethyl adjacent to an activating group) is 1. The Hall–Kier alpha value is -2.76. The molecule has 2 aromatic heterocycles. The molecule has 1 aliphatic heterocycles. The first-order chi connectivity index (χ1) is 13.7. The number of aromatic nitrogens is 2. The molecule has 1 unspecified atom stereocenters. The van der Waals surface area contributed by atoms with Crippen molar-refractivity contribution in [3.05, 3.63) is 76.9 Å². The minimum atomic E-state index is 0.279. The molecule has 0 aliphatic carbocycles. The monoisotopic (exact) mass is 387 g/mol. The predicted octanol–water partition coefficient (Wildman–Crippen LogP) is 4.94. The molecule has 5 heteroatoms. The van der Waals surface area contributed by atoms with E-state index < -0.39 is 0 Å². The molecule has 1 aliphatic rings. The average molecular weight is 388 g/mol. The fraction of sp³-hybridized carbons (Fsp3) is 0.217. The van der Waals surface area contributed by atoms with Crippen LogP contribution >= 0.6 is 11.3 Å². The van der Waals surface area contributed by atoms with Crippen molar-refractivity contribution in [1.29, 1.82) is 0 Å². The number of ether oxygens (including phenoxy) is 1. The number of rotatable bonds is 3. The van der Waals surface area contributed by atoms with Gasteiger partial charge in [-0.2, -0.15) is 0 Å². The maximum Gasteiger partial charge on any atom is 0.159 e. The summed E-state index contributed by atoms with van der Waals surface area (Å²) in [6.07, 6.45) is 3.58. The van der Waals surface area contributed by atoms with Crippen LogP contribution in [0.4, 0.5) is 0 Å². The molecule has 0 bridgehead atoms. The summed E-state index contributed by atoms with van der Waals surface area (Å²) < 4.78 is 7.11. The maximum atomic E-state index is 5.89. The van der Waals surface area contributed by atoms with Crippen LogP contribution in [0.3, 0.4) is 0 Å². The highest BCUT2D eigenvalue weighted by Gasteiger charge is 2.28. The molecule has 1 atom stereocenters. The standard InChI is InChI=1S/C23H21N3OS/c1-26-13-17-12-16(23-24-9-3-10-25-23)5-6-18(17)20(14-26)19-7-4-15-8-11-28-22(15)21(19)27-2/h3-12,20H,13-14H2,1-2H3. The van der Waals surface area contributed by atoms with Crippen LogP contribution in [0.2, 0.25) is 0 Å². The van der Waals surface area contributed by atoms with Gasteiger partial charge < -0.3 is 9.64 Å². The van der Waals surface area contributed by atoms with E-state index in [2.05, 4.69) is 63.7 Å². The first-order valence-corrected chi connectivity index (χ1v) is 10.3. The van der Waals surface area contributed by atoms with Gasteiger partial charge in [-0.1, -0.05) is 24.3 Å². The van der Waals surface area contributed by atoms with Gasteiger partial charge in [-0.05, 0) is 47.1 Å². The molecule has 0 saturated carbocycles. The normalized spacial score (nSPS) is 16.9. The van der Waals surface area contributed by atoms with Crippen LogP contribution < -0.4 is 4.74 Å². The minimum Gasteiger partial charge on any atom is -0.495 e. The topological polar surface area (TPSA) is 38.2 Å². The molecule has 140 valence electrons. The molecule has 0 N–H and O–H groups in total. The molecule has 0 spiro atoms. The number of fused-ring (bicyclic) bond motifs is 2. The molecular formula is C23H21N3OS. The van der Waals surface area contributed by atoms with Crippen LogP contribution in [-0.2, 0) is 6.54 Å². The molecule has 4 aromatic rings. The van der Waals surface area contributed by atoms with Crippen molar-refractivity contribution in [2.45, 2.75) is 12.5 Å². The summed E-state index contributed by atoms with van der Waals surface area (Å²) in [7, 11) is 3.96. The fourth-order valence-corrected chi connectivity index (χ4v) is 5.14. The summed E-state index contributed by atoms with van der Waals surface area (Å²) in [5.41, 5.74) is 5.02. The summed E-state index contributed by atoms with van der Waals surface area (Å²) in [6, 6.07) is 15.1. The van der Waals surface area contributed by atoms with Crippen molar-refractivity contribution >= 4 is 21.4 Å². The highest BCUT2D eigenvalue weighted by Crippen LogP contribution is 2.42. The lowest BCUT2D eigenvalue weighted by Crippen LogP contribution is -2.31. The first-order valence-electron chi connectivity index (χ1n) is 9.37. The lowest BCUT2D eigenvalue weighted by atomic mass is 9.83. The molecule has 0 fully saturated rings. The van der Waals surface area contributed by atoms with Crippen LogP contribution in [0.5, 0.6) is 5.75 Å². The maximum absolute atomic E-state index is 5.89. The van der Waals surface area contributed by atoms with E-state index in [4.69, 9.17) is 4.74 Å². The van der Waals surface area contributed by atoms with Crippen molar-refractivity contribution in [1.82, 2.24) is 14.9 Å². The largest absolute Gasteiger partial charge is 0.495 e. The number of benzene rings is 2. The van der Waals surface area contributed by atoms with Gasteiger partial charge in [-0.3, -0.25) is 0 Å². The first kappa shape index (κ1) is 17.3. The SMILES string of the molecule is COc1c(C2CN(C)Cc3cc(-c4ncccn4)ccc32)ccc2ccsc12. The van der Waals surface area contributed by atoms with E-state index in [9.17, 15) is 0 Å². The van der Waals surface area contributed by atoms with Crippen molar-refractivity contribution in [3.63, 3.8) is 0 Å². The van der Waals surface area contributed by atoms with Crippen molar-refractivity contribution in [2.24, 2.45) is 0 Å². The fourth-order valence-electron chi connectivity index (χ4n) is 4.21. The lowest BCUT2D eigenvalue weighted by molar-refractivity contribution is 0.292. The Morgan fingerprint density at radius 3 is 2.71 bits per heavy atom. The molecule has 3 heterocycles. The summed E-state index contributed by atoms with van der Waals surface area (Å²) in [6.45, 7) is 1.90. The Morgan fingerprint density at radius 2 is 1.89 bits per heavy atom. The molecular weight excluding hydrogens is 366 g/mol. The Kier molecular flexibility index (Phi) is 4.34. The van der Waals surface area contributed by atoms with E-state index in [0.29, 0.717) is 0 Å². The van der Waals surface area contributed by atoms with Crippen LogP contribution in [0.15, 0.2) is 60.2 Å². The van der Waals surface area contributed by atoms with Crippen molar-refractivity contribution in [3.8, 4) is 17.1 Å². The van der Waals surface area contributed by atoms with Gasteiger partial charge in [-0.25, -0.2) is 9.97 Å². The Labute approximate surface area is 168 Å². The third-order valence-electron chi connectivity index (χ3n) is 5.46.